The van der Waals surface area contributed by atoms with Crippen molar-refractivity contribution in [1.82, 2.24) is 19.3 Å². The first kappa shape index (κ1) is 33.3. The topological polar surface area (TPSA) is 44.9 Å². The Kier molecular flexibility index (Phi) is 9.04. The number of para-hydroxylation sites is 1. The summed E-state index contributed by atoms with van der Waals surface area (Å²) >= 11 is 0. The van der Waals surface area contributed by atoms with E-state index in [2.05, 4.69) is 107 Å². The number of ether oxygens (including phenoxy) is 1. The number of hydrogen-bond donors (Lipinski definition) is 0. The van der Waals surface area contributed by atoms with Crippen molar-refractivity contribution >= 4 is 21.8 Å². The molecular weight excluding hydrogens is 620 g/mol. The predicted octanol–water partition coefficient (Wildman–Crippen LogP) is 12.2. The molecule has 0 bridgehead atoms. The van der Waals surface area contributed by atoms with E-state index in [-0.39, 0.29) is 17.7 Å². The van der Waals surface area contributed by atoms with Gasteiger partial charge in [-0.3, -0.25) is 4.57 Å². The van der Waals surface area contributed by atoms with Crippen LogP contribution in [0.5, 0.6) is 11.5 Å². The van der Waals surface area contributed by atoms with Crippen LogP contribution in [-0.4, -0.2) is 19.3 Å². The lowest BCUT2D eigenvalue weighted by Crippen LogP contribution is -2.06. The van der Waals surface area contributed by atoms with Crippen LogP contribution in [0.1, 0.15) is 87.4 Å². The summed E-state index contributed by atoms with van der Waals surface area (Å²) in [7, 11) is 0. The van der Waals surface area contributed by atoms with Crippen LogP contribution in [0, 0.1) is 19.7 Å². The van der Waals surface area contributed by atoms with Gasteiger partial charge in [-0.05, 0) is 97.2 Å². The van der Waals surface area contributed by atoms with Gasteiger partial charge in [0.1, 0.15) is 23.1 Å². The highest BCUT2D eigenvalue weighted by molar-refractivity contribution is 6.09. The lowest BCUT2D eigenvalue weighted by Gasteiger charge is -2.18. The van der Waals surface area contributed by atoms with Crippen LogP contribution in [0.4, 0.5) is 4.39 Å². The lowest BCUT2D eigenvalue weighted by molar-refractivity contribution is 0.481. The molecule has 4 aromatic carbocycles. The van der Waals surface area contributed by atoms with E-state index in [0.717, 1.165) is 58.2 Å². The van der Waals surface area contributed by atoms with Crippen LogP contribution < -0.4 is 4.74 Å². The van der Waals surface area contributed by atoms with Crippen molar-refractivity contribution in [3.8, 4) is 34.1 Å². The standard InChI is InChI=1S/C44H45FN4O/c1-8-9-15-31-22-33(49-44(28(4)5)42(43(47-49)27(2)3)41-29(6)13-12-14-30(41)7)25-35(23-31)50-34-18-19-37-36-16-10-11-17-38(36)48(39(37)26-34)40-24-32(45)20-21-46-40/h10-14,16-28H,8-9,15H2,1-7H3. The highest BCUT2D eigenvalue weighted by atomic mass is 19.1. The van der Waals surface area contributed by atoms with Gasteiger partial charge in [0.25, 0.3) is 0 Å². The summed E-state index contributed by atoms with van der Waals surface area (Å²) in [5, 5.41) is 7.49. The molecule has 6 heteroatoms. The first-order valence-corrected chi connectivity index (χ1v) is 17.8. The largest absolute Gasteiger partial charge is 0.457 e. The summed E-state index contributed by atoms with van der Waals surface area (Å²) < 4.78 is 25.3. The Hall–Kier alpha value is -5.23. The highest BCUT2D eigenvalue weighted by Crippen LogP contribution is 2.41. The third-order valence-corrected chi connectivity index (χ3v) is 9.61. The van der Waals surface area contributed by atoms with Crippen LogP contribution in [0.25, 0.3) is 44.4 Å². The van der Waals surface area contributed by atoms with E-state index in [0.29, 0.717) is 11.6 Å². The van der Waals surface area contributed by atoms with Gasteiger partial charge in [-0.2, -0.15) is 5.10 Å². The third kappa shape index (κ3) is 6.08. The molecular formula is C44H45FN4O. The average molecular weight is 665 g/mol. The lowest BCUT2D eigenvalue weighted by atomic mass is 9.88. The van der Waals surface area contributed by atoms with Crippen LogP contribution >= 0.6 is 0 Å². The molecule has 0 fully saturated rings. The zero-order valence-corrected chi connectivity index (χ0v) is 30.1. The molecule has 5 nitrogen and oxygen atoms in total. The van der Waals surface area contributed by atoms with E-state index in [4.69, 9.17) is 9.84 Å². The van der Waals surface area contributed by atoms with Gasteiger partial charge in [0, 0.05) is 40.7 Å². The van der Waals surface area contributed by atoms with Gasteiger partial charge in [-0.25, -0.2) is 14.1 Å². The predicted molar refractivity (Wildman–Crippen MR) is 204 cm³/mol. The second kappa shape index (κ2) is 13.6. The zero-order chi connectivity index (χ0) is 35.1. The Morgan fingerprint density at radius 3 is 2.22 bits per heavy atom. The molecule has 7 rings (SSSR count). The fourth-order valence-electron chi connectivity index (χ4n) is 7.31. The number of nitrogens with zero attached hydrogens (tertiary/aromatic N) is 4. The van der Waals surface area contributed by atoms with Crippen molar-refractivity contribution in [1.29, 1.82) is 0 Å². The maximum Gasteiger partial charge on any atom is 0.140 e. The van der Waals surface area contributed by atoms with E-state index in [9.17, 15) is 4.39 Å². The fraction of sp³-hybridized carbons (Fsp3) is 0.273. The van der Waals surface area contributed by atoms with Crippen LogP contribution in [0.15, 0.2) is 97.2 Å². The molecule has 0 unspecified atom stereocenters. The number of pyridine rings is 1. The van der Waals surface area contributed by atoms with Gasteiger partial charge < -0.3 is 4.74 Å². The molecule has 0 aliphatic rings. The van der Waals surface area contributed by atoms with Gasteiger partial charge in [-0.15, -0.1) is 0 Å². The monoisotopic (exact) mass is 664 g/mol. The number of halogens is 1. The number of unbranched alkanes of at least 4 members (excludes halogenated alkanes) is 1. The molecule has 0 saturated heterocycles. The smallest absolute Gasteiger partial charge is 0.140 e. The van der Waals surface area contributed by atoms with E-state index in [1.54, 1.807) is 0 Å². The molecule has 0 aliphatic carbocycles. The number of fused-ring (bicyclic) bond motifs is 3. The maximum absolute atomic E-state index is 14.4. The second-order valence-corrected chi connectivity index (χ2v) is 14.0. The highest BCUT2D eigenvalue weighted by Gasteiger charge is 2.26. The Balaban J connectivity index is 1.39. The van der Waals surface area contributed by atoms with Crippen LogP contribution in [-0.2, 0) is 6.42 Å². The minimum atomic E-state index is -0.328. The summed E-state index contributed by atoms with van der Waals surface area (Å²) in [5.41, 5.74) is 11.4. The Morgan fingerprint density at radius 2 is 1.50 bits per heavy atom. The Bertz CT molecular complexity index is 2320. The quantitative estimate of drug-likeness (QED) is 0.146. The molecule has 0 spiro atoms. The summed E-state index contributed by atoms with van der Waals surface area (Å²) in [6.45, 7) is 15.6. The number of aromatic nitrogens is 4. The van der Waals surface area contributed by atoms with Crippen molar-refractivity contribution < 1.29 is 9.13 Å². The van der Waals surface area contributed by atoms with Crippen LogP contribution in [0.3, 0.4) is 0 Å². The summed E-state index contributed by atoms with van der Waals surface area (Å²) in [6, 6.07) is 30.2. The van der Waals surface area contributed by atoms with Crippen LogP contribution in [0.2, 0.25) is 0 Å². The normalized spacial score (nSPS) is 11.8. The molecule has 0 atom stereocenters. The SMILES string of the molecule is CCCCc1cc(Oc2ccc3c4ccccc4n(-c4cc(F)ccn4)c3c2)cc(-n2nc(C(C)C)c(-c3c(C)cccc3C)c2C(C)C)c1. The summed E-state index contributed by atoms with van der Waals surface area (Å²) in [4.78, 5) is 4.53. The number of hydrogen-bond acceptors (Lipinski definition) is 3. The molecule has 0 aliphatic heterocycles. The molecule has 50 heavy (non-hydrogen) atoms. The van der Waals surface area contributed by atoms with Gasteiger partial charge in [0.2, 0.25) is 0 Å². The van der Waals surface area contributed by atoms with Crippen molar-refractivity contribution in [2.75, 3.05) is 0 Å². The molecule has 0 N–H and O–H groups in total. The number of rotatable bonds is 10. The molecule has 254 valence electrons. The number of aryl methyl sites for hydroxylation is 3. The fourth-order valence-corrected chi connectivity index (χ4v) is 7.31. The van der Waals surface area contributed by atoms with Gasteiger partial charge in [0.05, 0.1) is 28.1 Å². The first-order valence-electron chi connectivity index (χ1n) is 17.8. The minimum absolute atomic E-state index is 0.230. The van der Waals surface area contributed by atoms with E-state index < -0.39 is 0 Å². The second-order valence-electron chi connectivity index (χ2n) is 14.0. The molecule has 3 aromatic heterocycles. The van der Waals surface area contributed by atoms with Crippen molar-refractivity contribution in [2.24, 2.45) is 0 Å². The van der Waals surface area contributed by atoms with Gasteiger partial charge in [0.15, 0.2) is 0 Å². The molecule has 0 amide bonds. The Morgan fingerprint density at radius 1 is 0.740 bits per heavy atom. The van der Waals surface area contributed by atoms with Crippen molar-refractivity contribution in [2.45, 2.75) is 79.6 Å². The molecule has 0 radical (unpaired) electrons. The Labute approximate surface area is 294 Å². The minimum Gasteiger partial charge on any atom is -0.457 e. The average Bonchev–Trinajstić information content (AvgIpc) is 3.64. The maximum atomic E-state index is 14.4. The summed E-state index contributed by atoms with van der Waals surface area (Å²) in [6.07, 6.45) is 4.63. The van der Waals surface area contributed by atoms with E-state index >= 15 is 0 Å². The molecule has 3 heterocycles. The summed E-state index contributed by atoms with van der Waals surface area (Å²) in [5.74, 6) is 2.12. The van der Waals surface area contributed by atoms with E-state index in [1.807, 2.05) is 34.9 Å². The van der Waals surface area contributed by atoms with E-state index in [1.165, 1.54) is 51.8 Å². The van der Waals surface area contributed by atoms with Crippen molar-refractivity contribution in [3.63, 3.8) is 0 Å². The molecule has 0 saturated carbocycles. The van der Waals surface area contributed by atoms with Gasteiger partial charge >= 0.3 is 0 Å². The third-order valence-electron chi connectivity index (χ3n) is 9.61. The zero-order valence-electron chi connectivity index (χ0n) is 30.1. The van der Waals surface area contributed by atoms with Crippen molar-refractivity contribution in [3.05, 3.63) is 131 Å². The molecule has 7 aromatic rings. The first-order chi connectivity index (χ1) is 24.1. The van der Waals surface area contributed by atoms with Gasteiger partial charge in [-0.1, -0.05) is 77.4 Å². The number of benzene rings is 4.